The number of rotatable bonds is 19. The number of nitrogens with one attached hydrogen (secondary N) is 1. The molecule has 0 aliphatic heterocycles. The summed E-state index contributed by atoms with van der Waals surface area (Å²) in [6.45, 7) is 10.4. The maximum atomic E-state index is 13.1. The lowest BCUT2D eigenvalue weighted by molar-refractivity contribution is -0.683. The standard InChI is InChI=1S/C36H52N2O2S/c1-5-6-7-8-9-10-11-12-13-14-15-16-23-40-34-27-32(36(2,3)4)21-20-31(34)26-35(39)37-33-19-17-18-30(25-33)28-38-22-24-41-29-38/h17-22,24-25,27,29H,5-16,23,26,28H2,1-4H3/p+1. The van der Waals surface area contributed by atoms with E-state index in [1.165, 1.54) is 76.2 Å². The Bertz CT molecular complexity index is 1150. The van der Waals surface area contributed by atoms with Crippen molar-refractivity contribution >= 4 is 22.9 Å². The largest absolute Gasteiger partial charge is 0.493 e. The van der Waals surface area contributed by atoms with E-state index >= 15 is 0 Å². The molecule has 1 aromatic heterocycles. The maximum Gasteiger partial charge on any atom is 0.228 e. The van der Waals surface area contributed by atoms with Gasteiger partial charge in [-0.3, -0.25) is 4.79 Å². The number of anilines is 1. The first-order valence-corrected chi connectivity index (χ1v) is 16.9. The van der Waals surface area contributed by atoms with Gasteiger partial charge in [0.2, 0.25) is 11.4 Å². The fourth-order valence-corrected chi connectivity index (χ4v) is 5.71. The molecule has 224 valence electrons. The number of aromatic nitrogens is 1. The minimum atomic E-state index is -0.0240. The Morgan fingerprint density at radius 3 is 2.20 bits per heavy atom. The van der Waals surface area contributed by atoms with Crippen LogP contribution in [0.3, 0.4) is 0 Å². The number of carbonyl (C=O) groups is 1. The molecule has 0 unspecified atom stereocenters. The van der Waals surface area contributed by atoms with Crippen LogP contribution in [0.15, 0.2) is 59.6 Å². The van der Waals surface area contributed by atoms with E-state index in [9.17, 15) is 4.79 Å². The van der Waals surface area contributed by atoms with Crippen molar-refractivity contribution in [2.45, 2.75) is 123 Å². The van der Waals surface area contributed by atoms with E-state index in [1.807, 2.05) is 12.1 Å². The predicted molar refractivity (Wildman–Crippen MR) is 174 cm³/mol. The van der Waals surface area contributed by atoms with Crippen LogP contribution in [-0.2, 0) is 23.2 Å². The summed E-state index contributed by atoms with van der Waals surface area (Å²) >= 11 is 1.67. The van der Waals surface area contributed by atoms with Crippen LogP contribution in [0.5, 0.6) is 5.75 Å². The van der Waals surface area contributed by atoms with Gasteiger partial charge >= 0.3 is 0 Å². The molecule has 5 heteroatoms. The molecule has 4 nitrogen and oxygen atoms in total. The lowest BCUT2D eigenvalue weighted by Gasteiger charge is -2.21. The van der Waals surface area contributed by atoms with Crippen LogP contribution >= 0.6 is 11.3 Å². The van der Waals surface area contributed by atoms with Crippen LogP contribution in [0.25, 0.3) is 0 Å². The molecular formula is C36H53N2O2S+. The number of hydrogen-bond acceptors (Lipinski definition) is 3. The second-order valence-electron chi connectivity index (χ2n) is 12.4. The number of benzene rings is 2. The molecule has 1 heterocycles. The molecule has 3 aromatic rings. The van der Waals surface area contributed by atoms with Crippen LogP contribution in [-0.4, -0.2) is 12.5 Å². The number of thiazole rings is 1. The van der Waals surface area contributed by atoms with Gasteiger partial charge in [-0.1, -0.05) is 134 Å². The first kappa shape index (κ1) is 32.8. The van der Waals surface area contributed by atoms with Gasteiger partial charge in [0.25, 0.3) is 0 Å². The van der Waals surface area contributed by atoms with Gasteiger partial charge in [-0.05, 0) is 35.6 Å². The first-order chi connectivity index (χ1) is 19.8. The van der Waals surface area contributed by atoms with Gasteiger partial charge in [-0.15, -0.1) is 0 Å². The Labute approximate surface area is 253 Å². The molecule has 0 aliphatic carbocycles. The Morgan fingerprint density at radius 1 is 0.878 bits per heavy atom. The van der Waals surface area contributed by atoms with Gasteiger partial charge in [0.15, 0.2) is 12.7 Å². The van der Waals surface area contributed by atoms with Crippen LogP contribution in [0.4, 0.5) is 5.69 Å². The zero-order valence-electron chi connectivity index (χ0n) is 26.1. The fraction of sp³-hybridized carbons (Fsp3) is 0.556. The van der Waals surface area contributed by atoms with Crippen molar-refractivity contribution in [3.8, 4) is 5.75 Å². The molecule has 1 amide bonds. The van der Waals surface area contributed by atoms with Crippen LogP contribution in [0.2, 0.25) is 0 Å². The first-order valence-electron chi connectivity index (χ1n) is 15.9. The Kier molecular flexibility index (Phi) is 14.4. The Hall–Kier alpha value is -2.66. The number of carbonyl (C=O) groups excluding carboxylic acids is 1. The highest BCUT2D eigenvalue weighted by Crippen LogP contribution is 2.29. The zero-order chi connectivity index (χ0) is 29.3. The van der Waals surface area contributed by atoms with Gasteiger partial charge < -0.3 is 10.1 Å². The average molecular weight is 578 g/mol. The lowest BCUT2D eigenvalue weighted by Crippen LogP contribution is -2.30. The highest BCUT2D eigenvalue weighted by molar-refractivity contribution is 7.07. The molecule has 0 bridgehead atoms. The second-order valence-corrected chi connectivity index (χ2v) is 13.2. The molecule has 41 heavy (non-hydrogen) atoms. The molecule has 0 saturated carbocycles. The van der Waals surface area contributed by atoms with Crippen molar-refractivity contribution in [3.05, 3.63) is 76.2 Å². The van der Waals surface area contributed by atoms with Gasteiger partial charge in [-0.25, -0.2) is 0 Å². The topological polar surface area (TPSA) is 42.2 Å². The SMILES string of the molecule is CCCCCCCCCCCCCCOc1cc(C(C)(C)C)ccc1CC(=O)Nc1cccc(C[n+]2ccsc2)c1. The third-order valence-electron chi connectivity index (χ3n) is 7.64. The summed E-state index contributed by atoms with van der Waals surface area (Å²) in [4.78, 5) is 13.1. The third-order valence-corrected chi connectivity index (χ3v) is 8.31. The Balaban J connectivity index is 1.45. The molecule has 0 radical (unpaired) electrons. The normalized spacial score (nSPS) is 11.5. The lowest BCUT2D eigenvalue weighted by atomic mass is 9.86. The van der Waals surface area contributed by atoms with Gasteiger partial charge in [0.1, 0.15) is 5.75 Å². The molecule has 2 aromatic carbocycles. The predicted octanol–water partition coefficient (Wildman–Crippen LogP) is 9.64. The summed E-state index contributed by atoms with van der Waals surface area (Å²) in [5, 5.41) is 5.16. The molecule has 0 atom stereocenters. The highest BCUT2D eigenvalue weighted by Gasteiger charge is 2.18. The van der Waals surface area contributed by atoms with Crippen LogP contribution in [0.1, 0.15) is 121 Å². The van der Waals surface area contributed by atoms with E-state index < -0.39 is 0 Å². The van der Waals surface area contributed by atoms with E-state index in [1.54, 1.807) is 11.3 Å². The number of ether oxygens (including phenoxy) is 1. The van der Waals surface area contributed by atoms with Gasteiger partial charge in [0, 0.05) is 16.8 Å². The second kappa shape index (κ2) is 18.0. The highest BCUT2D eigenvalue weighted by atomic mass is 32.1. The van der Waals surface area contributed by atoms with Crippen LogP contribution in [0, 0.1) is 0 Å². The average Bonchev–Trinajstić information content (AvgIpc) is 3.44. The minimum Gasteiger partial charge on any atom is -0.493 e. The van der Waals surface area contributed by atoms with E-state index in [-0.39, 0.29) is 11.3 Å². The summed E-state index contributed by atoms with van der Waals surface area (Å²) in [6, 6.07) is 14.4. The number of nitrogens with zero attached hydrogens (tertiary/aromatic N) is 1. The van der Waals surface area contributed by atoms with E-state index in [0.29, 0.717) is 13.0 Å². The zero-order valence-corrected chi connectivity index (χ0v) is 26.9. The molecule has 0 saturated heterocycles. The minimum absolute atomic E-state index is 0.0236. The van der Waals surface area contributed by atoms with Crippen molar-refractivity contribution in [2.24, 2.45) is 0 Å². The van der Waals surface area contributed by atoms with Crippen molar-refractivity contribution < 1.29 is 14.1 Å². The molecule has 0 spiro atoms. The fourth-order valence-electron chi connectivity index (χ4n) is 5.11. The van der Waals surface area contributed by atoms with Gasteiger partial charge in [0.05, 0.1) is 18.4 Å². The number of unbranched alkanes of at least 4 members (excludes halogenated alkanes) is 11. The molecule has 0 aliphatic rings. The van der Waals surface area contributed by atoms with Crippen molar-refractivity contribution in [1.82, 2.24) is 0 Å². The van der Waals surface area contributed by atoms with Crippen molar-refractivity contribution in [1.29, 1.82) is 0 Å². The van der Waals surface area contributed by atoms with E-state index in [2.05, 4.69) is 85.0 Å². The number of amides is 1. The quantitative estimate of drug-likeness (QED) is 0.114. The summed E-state index contributed by atoms with van der Waals surface area (Å²) in [7, 11) is 0. The summed E-state index contributed by atoms with van der Waals surface area (Å²) in [5.74, 6) is 0.822. The maximum absolute atomic E-state index is 13.1. The summed E-state index contributed by atoms with van der Waals surface area (Å²) in [5.41, 5.74) is 6.27. The molecule has 0 fully saturated rings. The van der Waals surface area contributed by atoms with Gasteiger partial charge in [-0.2, -0.15) is 4.57 Å². The van der Waals surface area contributed by atoms with Crippen LogP contribution < -0.4 is 14.6 Å². The third kappa shape index (κ3) is 12.8. The summed E-state index contributed by atoms with van der Waals surface area (Å²) < 4.78 is 8.45. The smallest absolute Gasteiger partial charge is 0.228 e. The molecular weight excluding hydrogens is 524 g/mol. The van der Waals surface area contributed by atoms with Crippen molar-refractivity contribution in [2.75, 3.05) is 11.9 Å². The Morgan fingerprint density at radius 2 is 1.56 bits per heavy atom. The number of hydrogen-bond donors (Lipinski definition) is 1. The molecule has 3 rings (SSSR count). The molecule has 1 N–H and O–H groups in total. The van der Waals surface area contributed by atoms with Crippen molar-refractivity contribution in [3.63, 3.8) is 0 Å². The van der Waals surface area contributed by atoms with E-state index in [0.717, 1.165) is 35.5 Å². The van der Waals surface area contributed by atoms with E-state index in [4.69, 9.17) is 4.74 Å². The summed E-state index contributed by atoms with van der Waals surface area (Å²) in [6.07, 6.45) is 18.3. The monoisotopic (exact) mass is 577 g/mol.